The van der Waals surface area contributed by atoms with Gasteiger partial charge in [0.2, 0.25) is 10.0 Å². The van der Waals surface area contributed by atoms with Crippen LogP contribution in [0, 0.1) is 5.82 Å². The quantitative estimate of drug-likeness (QED) is 0.522. The molecular weight excluding hydrogens is 449 g/mol. The normalized spacial score (nSPS) is 20.5. The second kappa shape index (κ2) is 9.62. The fourth-order valence-corrected chi connectivity index (χ4v) is 5.72. The van der Waals surface area contributed by atoms with Gasteiger partial charge < -0.3 is 14.7 Å². The summed E-state index contributed by atoms with van der Waals surface area (Å²) < 4.78 is 41.7. The van der Waals surface area contributed by atoms with Gasteiger partial charge in [-0.25, -0.2) is 17.1 Å². The van der Waals surface area contributed by atoms with Crippen LogP contribution < -0.4 is 0 Å². The van der Waals surface area contributed by atoms with Crippen LogP contribution in [0.2, 0.25) is 0 Å². The molecule has 3 heterocycles. The minimum atomic E-state index is -3.61. The number of halogens is 1. The zero-order valence-electron chi connectivity index (χ0n) is 18.5. The Morgan fingerprint density at radius 1 is 1.06 bits per heavy atom. The van der Waals surface area contributed by atoms with E-state index in [-0.39, 0.29) is 23.2 Å². The topological polar surface area (TPSA) is 98.4 Å². The van der Waals surface area contributed by atoms with Gasteiger partial charge in [0.05, 0.1) is 5.69 Å². The van der Waals surface area contributed by atoms with Gasteiger partial charge >= 0.3 is 0 Å². The maximum Gasteiger partial charge on any atom is 0.253 e. The van der Waals surface area contributed by atoms with Crippen molar-refractivity contribution in [1.29, 1.82) is 0 Å². The maximum absolute atomic E-state index is 13.1. The summed E-state index contributed by atoms with van der Waals surface area (Å²) >= 11 is 0. The second-order valence-electron chi connectivity index (χ2n) is 8.34. The number of piperazine rings is 1. The molecule has 0 saturated carbocycles. The van der Waals surface area contributed by atoms with Crippen molar-refractivity contribution in [3.05, 3.63) is 53.6 Å². The lowest BCUT2D eigenvalue weighted by Crippen LogP contribution is -2.48. The van der Waals surface area contributed by atoms with E-state index in [1.54, 1.807) is 17.2 Å². The molecule has 9 nitrogen and oxygen atoms in total. The highest BCUT2D eigenvalue weighted by molar-refractivity contribution is 7.89. The monoisotopic (exact) mass is 477 g/mol. The minimum Gasteiger partial charge on any atom is -0.411 e. The number of fused-ring (bicyclic) bond motifs is 1. The maximum atomic E-state index is 13.1. The molecule has 1 N–H and O–H groups in total. The van der Waals surface area contributed by atoms with Gasteiger partial charge in [-0.2, -0.15) is 0 Å². The number of aryl methyl sites for hydroxylation is 1. The van der Waals surface area contributed by atoms with E-state index >= 15 is 0 Å². The van der Waals surface area contributed by atoms with Gasteiger partial charge in [0, 0.05) is 64.5 Å². The molecule has 4 rings (SSSR count). The summed E-state index contributed by atoms with van der Waals surface area (Å²) in [6.45, 7) is 4.31. The summed E-state index contributed by atoms with van der Waals surface area (Å²) in [5, 5.41) is 12.8. The summed E-state index contributed by atoms with van der Waals surface area (Å²) in [6, 6.07) is 7.17. The van der Waals surface area contributed by atoms with Crippen LogP contribution >= 0.6 is 0 Å². The van der Waals surface area contributed by atoms with Crippen molar-refractivity contribution < 1.29 is 22.8 Å². The minimum absolute atomic E-state index is 0.0910. The van der Waals surface area contributed by atoms with E-state index in [0.717, 1.165) is 26.1 Å². The molecule has 2 aliphatic rings. The van der Waals surface area contributed by atoms with Gasteiger partial charge in [-0.05, 0) is 43.3 Å². The first kappa shape index (κ1) is 23.4. The molecule has 178 valence electrons. The van der Waals surface area contributed by atoms with Crippen molar-refractivity contribution in [2.45, 2.75) is 24.3 Å². The van der Waals surface area contributed by atoms with Crippen molar-refractivity contribution >= 4 is 21.6 Å². The lowest BCUT2D eigenvalue weighted by molar-refractivity contribution is 0.0634. The Morgan fingerprint density at radius 3 is 2.42 bits per heavy atom. The molecule has 0 spiro atoms. The van der Waals surface area contributed by atoms with Crippen molar-refractivity contribution in [1.82, 2.24) is 18.7 Å². The molecule has 2 aromatic rings. The number of carbonyl (C=O) groups excluding carboxylic acids is 1. The van der Waals surface area contributed by atoms with Gasteiger partial charge in [-0.3, -0.25) is 9.69 Å². The van der Waals surface area contributed by atoms with E-state index in [0.29, 0.717) is 43.0 Å². The number of hydrogen-bond acceptors (Lipinski definition) is 6. The predicted octanol–water partition coefficient (Wildman–Crippen LogP) is 1.68. The molecule has 2 aliphatic heterocycles. The van der Waals surface area contributed by atoms with Gasteiger partial charge in [-0.15, -0.1) is 0 Å². The van der Waals surface area contributed by atoms with Crippen LogP contribution in [0.25, 0.3) is 0 Å². The van der Waals surface area contributed by atoms with E-state index in [9.17, 15) is 22.8 Å². The van der Waals surface area contributed by atoms with E-state index in [2.05, 4.69) is 10.1 Å². The number of benzene rings is 1. The molecule has 1 amide bonds. The van der Waals surface area contributed by atoms with Crippen LogP contribution in [0.3, 0.4) is 0 Å². The summed E-state index contributed by atoms with van der Waals surface area (Å²) in [5.74, 6) is -0.454. The standard InChI is InChI=1S/C22H28FN5O4S/c1-25-11-7-19(24-30)21-20(33(25,31)32)8-12-27(21)10-2-9-26-13-15-28(16-14-26)22(29)17-3-5-18(23)6-4-17/h3-6,8,12,30H,2,7,9-11,13-16H2,1H3/b24-19+. The van der Waals surface area contributed by atoms with Crippen molar-refractivity contribution in [3.63, 3.8) is 0 Å². The molecule has 0 bridgehead atoms. The van der Waals surface area contributed by atoms with Crippen molar-refractivity contribution in [3.8, 4) is 0 Å². The van der Waals surface area contributed by atoms with E-state index < -0.39 is 10.0 Å². The summed E-state index contributed by atoms with van der Waals surface area (Å²) in [4.78, 5) is 16.8. The number of carbonyl (C=O) groups is 1. The molecule has 0 aliphatic carbocycles. The summed E-state index contributed by atoms with van der Waals surface area (Å²) in [7, 11) is -2.09. The number of hydrogen-bond donors (Lipinski definition) is 1. The van der Waals surface area contributed by atoms with E-state index in [1.165, 1.54) is 35.6 Å². The molecular formula is C22H28FN5O4S. The molecule has 1 fully saturated rings. The molecule has 1 aromatic heterocycles. The SMILES string of the molecule is CN1CC/C(=N\O)c2c(ccn2CCCN2CCN(C(=O)c3ccc(F)cc3)CC2)S1(=O)=O. The lowest BCUT2D eigenvalue weighted by atomic mass is 10.1. The highest BCUT2D eigenvalue weighted by atomic mass is 32.2. The smallest absolute Gasteiger partial charge is 0.253 e. The van der Waals surface area contributed by atoms with Crippen LogP contribution in [0.15, 0.2) is 46.6 Å². The molecule has 0 radical (unpaired) electrons. The molecule has 33 heavy (non-hydrogen) atoms. The molecule has 1 aromatic carbocycles. The zero-order chi connectivity index (χ0) is 23.6. The Labute approximate surface area is 192 Å². The van der Waals surface area contributed by atoms with Crippen LogP contribution in [-0.4, -0.2) is 90.2 Å². The Bertz CT molecular complexity index is 1140. The van der Waals surface area contributed by atoms with Gasteiger partial charge in [0.1, 0.15) is 16.4 Å². The molecule has 0 atom stereocenters. The largest absolute Gasteiger partial charge is 0.411 e. The number of rotatable bonds is 5. The van der Waals surface area contributed by atoms with Crippen LogP contribution in [0.4, 0.5) is 4.39 Å². The molecule has 0 unspecified atom stereocenters. The van der Waals surface area contributed by atoms with Gasteiger partial charge in [-0.1, -0.05) is 5.16 Å². The third-order valence-electron chi connectivity index (χ3n) is 6.30. The number of nitrogens with zero attached hydrogens (tertiary/aromatic N) is 5. The number of aromatic nitrogens is 1. The third kappa shape index (κ3) is 4.80. The molecule has 11 heteroatoms. The fourth-order valence-electron chi connectivity index (χ4n) is 4.34. The van der Waals surface area contributed by atoms with Gasteiger partial charge in [0.15, 0.2) is 0 Å². The van der Waals surface area contributed by atoms with Crippen LogP contribution in [-0.2, 0) is 16.6 Å². The summed E-state index contributed by atoms with van der Waals surface area (Å²) in [5.41, 5.74) is 1.31. The Hall–Kier alpha value is -2.76. The Balaban J connectivity index is 1.33. The number of oxime groups is 1. The number of amides is 1. The summed E-state index contributed by atoms with van der Waals surface area (Å²) in [6.07, 6.45) is 2.85. The highest BCUT2D eigenvalue weighted by Gasteiger charge is 2.32. The number of sulfonamides is 1. The first-order chi connectivity index (χ1) is 15.8. The zero-order valence-corrected chi connectivity index (χ0v) is 19.3. The average Bonchev–Trinajstić information content (AvgIpc) is 3.20. The highest BCUT2D eigenvalue weighted by Crippen LogP contribution is 2.26. The predicted molar refractivity (Wildman–Crippen MR) is 121 cm³/mol. The molecule has 1 saturated heterocycles. The first-order valence-corrected chi connectivity index (χ1v) is 12.4. The van der Waals surface area contributed by atoms with Crippen LogP contribution in [0.1, 0.15) is 28.9 Å². The Kier molecular flexibility index (Phi) is 6.82. The average molecular weight is 478 g/mol. The van der Waals surface area contributed by atoms with E-state index in [4.69, 9.17) is 0 Å². The first-order valence-electron chi connectivity index (χ1n) is 10.9. The lowest BCUT2D eigenvalue weighted by Gasteiger charge is -2.34. The van der Waals surface area contributed by atoms with Crippen molar-refractivity contribution in [2.24, 2.45) is 5.16 Å². The van der Waals surface area contributed by atoms with Gasteiger partial charge in [0.25, 0.3) is 5.91 Å². The fraction of sp³-hybridized carbons (Fsp3) is 0.455. The van der Waals surface area contributed by atoms with Crippen molar-refractivity contribution in [2.75, 3.05) is 46.3 Å². The van der Waals surface area contributed by atoms with E-state index in [1.807, 2.05) is 4.57 Å². The second-order valence-corrected chi connectivity index (χ2v) is 10.4. The third-order valence-corrected chi connectivity index (χ3v) is 8.18. The van der Waals surface area contributed by atoms with Crippen LogP contribution in [0.5, 0.6) is 0 Å². The Morgan fingerprint density at radius 2 is 1.76 bits per heavy atom.